The van der Waals surface area contributed by atoms with Gasteiger partial charge in [-0.15, -0.1) is 0 Å². The number of H-pyrrole nitrogens is 2. The fourth-order valence-electron chi connectivity index (χ4n) is 13.9. The largest absolute Gasteiger partial charge is 0.508 e. The Bertz CT molecular complexity index is 5310. The van der Waals surface area contributed by atoms with Crippen molar-refractivity contribution in [2.24, 2.45) is 29.0 Å². The fourth-order valence-corrected chi connectivity index (χ4v) is 13.9. The zero-order valence-corrected chi connectivity index (χ0v) is 75.3. The third kappa shape index (κ3) is 31.3. The Morgan fingerprint density at radius 3 is 1.42 bits per heavy atom. The molecule has 18 amide bonds. The molecule has 31 N–H and O–H groups in total. The van der Waals surface area contributed by atoms with Gasteiger partial charge in [-0.2, -0.15) is 0 Å². The Balaban J connectivity index is 0.941. The maximum atomic E-state index is 14.3. The normalized spacial score (nSPS) is 14.9. The van der Waals surface area contributed by atoms with E-state index in [1.165, 1.54) is 121 Å². The molecule has 0 saturated carbocycles. The number of nitrogens with zero attached hydrogens (tertiary/aromatic N) is 2. The van der Waals surface area contributed by atoms with Crippen LogP contribution in [0.15, 0.2) is 79.6 Å². The Labute approximate surface area is 779 Å². The maximum absolute atomic E-state index is 14.3. The van der Waals surface area contributed by atoms with Gasteiger partial charge in [-0.1, -0.05) is 40.2 Å². The van der Waals surface area contributed by atoms with Gasteiger partial charge in [0.15, 0.2) is 11.6 Å². The highest BCUT2D eigenvalue weighted by Crippen LogP contribution is 2.57. The third-order valence-electron chi connectivity index (χ3n) is 21.5. The highest BCUT2D eigenvalue weighted by molar-refractivity contribution is 6.05. The first-order valence-corrected chi connectivity index (χ1v) is 42.9. The van der Waals surface area contributed by atoms with Gasteiger partial charge in [0.2, 0.25) is 82.7 Å². The second kappa shape index (κ2) is 49.8. The van der Waals surface area contributed by atoms with E-state index in [4.69, 9.17) is 32.1 Å². The van der Waals surface area contributed by atoms with Crippen LogP contribution < -0.4 is 113 Å². The molecule has 4 heterocycles. The van der Waals surface area contributed by atoms with Crippen molar-refractivity contribution in [2.45, 2.75) is 217 Å². The van der Waals surface area contributed by atoms with Crippen molar-refractivity contribution in [1.29, 1.82) is 5.41 Å². The number of carbonyl (C=O) groups is 21. The molecule has 740 valence electrons. The summed E-state index contributed by atoms with van der Waals surface area (Å²) in [5.74, 6) is -24.6. The first kappa shape index (κ1) is 107. The predicted molar refractivity (Wildman–Crippen MR) is 471 cm³/mol. The number of benzene rings is 3. The molecule has 53 heteroatoms. The number of nitrogens with one attached hydrogen (secondary N) is 20. The molecule has 3 aromatic carbocycles. The predicted octanol–water partition coefficient (Wildman–Crippen LogP) is -6.16. The summed E-state index contributed by atoms with van der Waals surface area (Å²) < 4.78 is 12.1. The quantitative estimate of drug-likeness (QED) is 0.00566. The molecule has 7 rings (SSSR count). The minimum atomic E-state index is -1.99. The molecule has 53 nitrogen and oxygen atoms in total. The van der Waals surface area contributed by atoms with Gasteiger partial charge in [-0.3, -0.25) is 97.1 Å². The number of carboxylic acids is 3. The van der Waals surface area contributed by atoms with Crippen molar-refractivity contribution in [3.63, 3.8) is 0 Å². The number of rotatable bonds is 51. The number of hydrogen-bond donors (Lipinski definition) is 28. The number of fused-ring (bicyclic) bond motifs is 6. The van der Waals surface area contributed by atoms with Crippen LogP contribution >= 0.6 is 0 Å². The Hall–Kier alpha value is -16.6. The van der Waals surface area contributed by atoms with Crippen molar-refractivity contribution in [1.82, 2.24) is 111 Å². The van der Waals surface area contributed by atoms with E-state index >= 15 is 0 Å². The Morgan fingerprint density at radius 1 is 0.460 bits per heavy atom. The number of ether oxygens (including phenoxy) is 2. The van der Waals surface area contributed by atoms with Gasteiger partial charge in [0.1, 0.15) is 102 Å². The van der Waals surface area contributed by atoms with Crippen LogP contribution in [0.1, 0.15) is 168 Å². The molecular formula is C84H111N25O28. The van der Waals surface area contributed by atoms with Crippen molar-refractivity contribution >= 4 is 130 Å². The van der Waals surface area contributed by atoms with Crippen molar-refractivity contribution < 1.29 is 136 Å². The SMILES string of the molecule is CC[C@H](C)[C@H](NC(=O)[C@H](CCC(=O)O)NC(=O)NNC(=O)[C@H](Cc1c[nH]cn1)NC(=O)[C@H](C)NC(=O)[C@H](C)NC(=O)[C@H](Cc1c[nH]cn1)NC(=O)[C@@H](NC(=O)[C@H](C)NC(=O)[C@H](CCC(N)=O)NC(=O)c1ccc2c(c1)C(=O)OC21c2ccc(O)cc2Oc2cc(O)ccc21)C(C)C)C(=O)N[C@@H](CC(N)=O)C(=O)N[C@@H](CCC(=O)O)C(=O)N[C@@H](C)C(=O)NCC(=O)N[C@@H](CCCNC(=N)N)C(=O)O. The summed E-state index contributed by atoms with van der Waals surface area (Å²) in [6.45, 7) is 10.1. The highest BCUT2D eigenvalue weighted by Gasteiger charge is 2.54. The molecule has 2 aliphatic heterocycles. The number of aromatic amines is 2. The number of aromatic nitrogens is 4. The van der Waals surface area contributed by atoms with E-state index in [0.29, 0.717) is 11.1 Å². The van der Waals surface area contributed by atoms with Gasteiger partial charge in [0.25, 0.3) is 11.8 Å². The number of carbonyl (C=O) groups excluding carboxylic acids is 18. The van der Waals surface area contributed by atoms with E-state index in [2.05, 4.69) is 99.7 Å². The molecule has 0 unspecified atom stereocenters. The van der Waals surface area contributed by atoms with Gasteiger partial charge in [-0.05, 0) is 108 Å². The number of imidazole rings is 2. The van der Waals surface area contributed by atoms with Gasteiger partial charge in [0, 0.05) is 85.4 Å². The number of guanidine groups is 1. The molecule has 5 aromatic rings. The summed E-state index contributed by atoms with van der Waals surface area (Å²) in [5, 5.41) is 92.0. The lowest BCUT2D eigenvalue weighted by molar-refractivity contribution is -0.142. The summed E-state index contributed by atoms with van der Waals surface area (Å²) in [6.07, 6.45) is -0.233. The number of hydrogen-bond acceptors (Lipinski definition) is 28. The summed E-state index contributed by atoms with van der Waals surface area (Å²) >= 11 is 0. The van der Waals surface area contributed by atoms with Gasteiger partial charge in [-0.25, -0.2) is 29.8 Å². The zero-order chi connectivity index (χ0) is 102. The van der Waals surface area contributed by atoms with Crippen LogP contribution in [0.3, 0.4) is 0 Å². The number of hydrazine groups is 1. The summed E-state index contributed by atoms with van der Waals surface area (Å²) in [7, 11) is 0. The molecule has 0 aliphatic carbocycles. The number of aromatic hydroxyl groups is 2. The number of phenols is 2. The van der Waals surface area contributed by atoms with Crippen LogP contribution in [0.2, 0.25) is 0 Å². The smallest absolute Gasteiger partial charge is 0.340 e. The third-order valence-corrected chi connectivity index (χ3v) is 21.5. The maximum Gasteiger partial charge on any atom is 0.340 e. The lowest BCUT2D eigenvalue weighted by Crippen LogP contribution is -2.62. The Morgan fingerprint density at radius 2 is 0.912 bits per heavy atom. The van der Waals surface area contributed by atoms with E-state index in [0.717, 1.165) is 6.92 Å². The number of amides is 18. The van der Waals surface area contributed by atoms with E-state index in [-0.39, 0.29) is 89.3 Å². The van der Waals surface area contributed by atoms with Crippen LogP contribution in [0, 0.1) is 17.2 Å². The van der Waals surface area contributed by atoms with Gasteiger partial charge >= 0.3 is 29.9 Å². The van der Waals surface area contributed by atoms with Crippen LogP contribution in [0.5, 0.6) is 23.0 Å². The standard InChI is InChI=1S/C84H111N25O28/c1-9-37(4)66(79(131)104-57(30-61(86)113)76(128)101-52(19-22-63(115)116)73(125)96-38(5)67(119)92-33-62(114)99-54(80(132)133)11-10-24-91-82(87)88)107-74(126)53(20-23-64(117)118)105-83(135)109-108-77(129)56(27-44-32-90-35-94-44)102-69(121)40(7)95-68(120)39(6)98-75(127)55(26-43-31-89-34-93-43)103-78(130)65(36(2)3)106-70(122)41(8)97-72(124)51(18-21-60(85)112)100-71(123)42-12-15-48-47(25-42)81(134)137-84(48)49-16-13-45(110)28-58(49)136-59-29-46(111)14-17-50(59)84/h12-17,25,28-29,31-32,34-41,51-57,65-66,110-111H,9-11,18-24,26-27,30,33H2,1-8H3,(H2,85,112)(H2,86,113)(H,89,93)(H,90,94)(H,92,119)(H,95,120)(H,96,125)(H,97,124)(H,98,127)(H,99,114)(H,100,123)(H,101,128)(H,102,121)(H,103,130)(H,104,131)(H,106,122)(H,107,126)(H,108,129)(H,115,116)(H,117,118)(H,132,133)(H4,87,88,91)(H2,105,109,135)/t37-,38-,39-,40-,41-,51-,52-,53-,54-,55-,56-,57-,65-,66-/m0/s1. The number of carboxylic acid groups (broad SMARTS) is 3. The second-order valence-corrected chi connectivity index (χ2v) is 32.5. The summed E-state index contributed by atoms with van der Waals surface area (Å²) in [4.78, 5) is 295. The number of primary amides is 2. The molecule has 137 heavy (non-hydrogen) atoms. The lowest BCUT2D eigenvalue weighted by Gasteiger charge is -2.36. The number of nitrogens with two attached hydrogens (primary N) is 3. The number of aliphatic carboxylic acids is 3. The van der Waals surface area contributed by atoms with E-state index in [9.17, 15) is 126 Å². The average Bonchev–Trinajstić information content (AvgIpc) is 1.56. The molecule has 1 spiro atoms. The first-order valence-electron chi connectivity index (χ1n) is 42.9. The van der Waals surface area contributed by atoms with E-state index in [1.807, 2.05) is 10.9 Å². The molecule has 14 atom stereocenters. The van der Waals surface area contributed by atoms with Crippen LogP contribution in [0.25, 0.3) is 0 Å². The van der Waals surface area contributed by atoms with Crippen LogP contribution in [-0.4, -0.2) is 267 Å². The number of urea groups is 1. The summed E-state index contributed by atoms with van der Waals surface area (Å²) in [6, 6.07) is -10.3. The average molecular weight is 1920 g/mol. The second-order valence-electron chi connectivity index (χ2n) is 32.5. The molecule has 0 fully saturated rings. The topological polar surface area (TPSA) is 842 Å². The first-order chi connectivity index (χ1) is 64.6. The molecule has 0 bridgehead atoms. The number of esters is 1. The van der Waals surface area contributed by atoms with Crippen molar-refractivity contribution in [3.05, 3.63) is 119 Å². The van der Waals surface area contributed by atoms with E-state index in [1.54, 1.807) is 6.92 Å². The Kier molecular flexibility index (Phi) is 39.0. The molecular weight excluding hydrogens is 1810 g/mol. The molecule has 2 aromatic heterocycles. The molecule has 0 saturated heterocycles. The van der Waals surface area contributed by atoms with E-state index < -0.39 is 278 Å². The van der Waals surface area contributed by atoms with Crippen molar-refractivity contribution in [3.8, 4) is 23.0 Å². The minimum Gasteiger partial charge on any atom is -0.508 e. The fraction of sp³-hybridized carbons (Fsp3) is 0.452. The summed E-state index contributed by atoms with van der Waals surface area (Å²) in [5.41, 5.74) is 19.4. The van der Waals surface area contributed by atoms with Gasteiger partial charge < -0.3 is 142 Å². The highest BCUT2D eigenvalue weighted by atomic mass is 16.6. The monoisotopic (exact) mass is 1920 g/mol. The zero-order valence-electron chi connectivity index (χ0n) is 75.3. The van der Waals surface area contributed by atoms with Crippen LogP contribution in [0.4, 0.5) is 4.79 Å². The van der Waals surface area contributed by atoms with Gasteiger partial charge in [0.05, 0.1) is 42.6 Å². The van der Waals surface area contributed by atoms with Crippen molar-refractivity contribution in [2.75, 3.05) is 13.1 Å². The minimum absolute atomic E-state index is 0.0747. The number of phenolic OH excluding ortho intramolecular Hbond substituents is 2. The van der Waals surface area contributed by atoms with Crippen LogP contribution in [-0.2, 0) is 109 Å². The molecule has 0 radical (unpaired) electrons. The lowest BCUT2D eigenvalue weighted by atomic mass is 9.77. The molecule has 2 aliphatic rings.